The summed E-state index contributed by atoms with van der Waals surface area (Å²) >= 11 is 7.19. The van der Waals surface area contributed by atoms with Crippen LogP contribution in [0.3, 0.4) is 0 Å². The maximum Gasteiger partial charge on any atom is 0.339 e. The first kappa shape index (κ1) is 24.4. The Morgan fingerprint density at radius 2 is 1.88 bits per heavy atom. The first-order chi connectivity index (χ1) is 15.9. The van der Waals surface area contributed by atoms with E-state index in [4.69, 9.17) is 20.8 Å². The molecule has 0 aliphatic heterocycles. The number of amides is 2. The van der Waals surface area contributed by atoms with Gasteiger partial charge in [0, 0.05) is 9.92 Å². The highest BCUT2D eigenvalue weighted by atomic mass is 35.5. The molecule has 2 amide bonds. The summed E-state index contributed by atoms with van der Waals surface area (Å²) in [6.07, 6.45) is 1.54. The average molecular weight is 487 g/mol. The first-order valence-electron chi connectivity index (χ1n) is 10.1. The van der Waals surface area contributed by atoms with Crippen LogP contribution in [0.5, 0.6) is 0 Å². The highest BCUT2D eigenvalue weighted by molar-refractivity contribution is 8.00. The third-order valence-electron chi connectivity index (χ3n) is 4.57. The molecule has 2 aromatic carbocycles. The van der Waals surface area contributed by atoms with Crippen LogP contribution in [-0.2, 0) is 20.9 Å². The lowest BCUT2D eigenvalue weighted by atomic mass is 10.1. The van der Waals surface area contributed by atoms with Crippen molar-refractivity contribution in [3.63, 3.8) is 0 Å². The molecule has 0 saturated heterocycles. The molecule has 2 N–H and O–H groups in total. The Labute approximate surface area is 200 Å². The summed E-state index contributed by atoms with van der Waals surface area (Å²) in [5.41, 5.74) is 1.13. The molecule has 33 heavy (non-hydrogen) atoms. The molecule has 0 aliphatic carbocycles. The van der Waals surface area contributed by atoms with Crippen molar-refractivity contribution in [2.45, 2.75) is 24.4 Å². The highest BCUT2D eigenvalue weighted by Crippen LogP contribution is 2.23. The number of halogens is 1. The monoisotopic (exact) mass is 486 g/mol. The van der Waals surface area contributed by atoms with Gasteiger partial charge < -0.3 is 19.8 Å². The number of carbonyl (C=O) groups excluding carboxylic acids is 3. The average Bonchev–Trinajstić information content (AvgIpc) is 3.34. The third kappa shape index (κ3) is 7.69. The topological polar surface area (TPSA) is 97.6 Å². The molecule has 7 nitrogen and oxygen atoms in total. The summed E-state index contributed by atoms with van der Waals surface area (Å²) in [6, 6.07) is 17.2. The van der Waals surface area contributed by atoms with E-state index in [1.807, 2.05) is 13.0 Å². The minimum atomic E-state index is -0.639. The van der Waals surface area contributed by atoms with Gasteiger partial charge in [-0.2, -0.15) is 0 Å². The van der Waals surface area contributed by atoms with Crippen molar-refractivity contribution >= 4 is 41.1 Å². The zero-order valence-electron chi connectivity index (χ0n) is 17.9. The van der Waals surface area contributed by atoms with Crippen LogP contribution in [0.25, 0.3) is 0 Å². The lowest BCUT2D eigenvalue weighted by Crippen LogP contribution is -2.31. The van der Waals surface area contributed by atoms with Crippen LogP contribution in [0, 0.1) is 0 Å². The molecule has 172 valence electrons. The van der Waals surface area contributed by atoms with E-state index in [0.717, 1.165) is 5.56 Å². The van der Waals surface area contributed by atoms with Gasteiger partial charge in [0.25, 0.3) is 5.91 Å². The van der Waals surface area contributed by atoms with E-state index in [1.54, 1.807) is 54.6 Å². The fraction of sp³-hybridized carbons (Fsp3) is 0.208. The molecule has 3 rings (SSSR count). The van der Waals surface area contributed by atoms with Crippen LogP contribution in [-0.4, -0.2) is 30.1 Å². The van der Waals surface area contributed by atoms with E-state index in [0.29, 0.717) is 22.2 Å². The molecule has 0 fully saturated rings. The third-order valence-corrected chi connectivity index (χ3v) is 5.87. The van der Waals surface area contributed by atoms with Crippen LogP contribution in [0.15, 0.2) is 76.2 Å². The van der Waals surface area contributed by atoms with E-state index >= 15 is 0 Å². The summed E-state index contributed by atoms with van der Waals surface area (Å²) in [7, 11) is 0. The minimum Gasteiger partial charge on any atom is -0.467 e. The predicted octanol–water partition coefficient (Wildman–Crippen LogP) is 4.38. The number of hydrogen-bond acceptors (Lipinski definition) is 6. The number of carbonyl (C=O) groups is 3. The van der Waals surface area contributed by atoms with E-state index in [9.17, 15) is 14.4 Å². The standard InChI is InChI=1S/C24H23ClN2O5S/c1-16(17-6-4-7-18(25)12-17)27-22(28)14-32-24(30)20-9-2-3-10-21(20)33-15-23(29)26-13-19-8-5-11-31-19/h2-12,16H,13-15H2,1H3,(H,26,29)(H,27,28)/t16-/m1/s1. The van der Waals surface area contributed by atoms with Crippen LogP contribution < -0.4 is 10.6 Å². The number of ether oxygens (including phenoxy) is 1. The number of furan rings is 1. The molecule has 3 aromatic rings. The van der Waals surface area contributed by atoms with Gasteiger partial charge >= 0.3 is 5.97 Å². The van der Waals surface area contributed by atoms with Crippen molar-refractivity contribution in [1.29, 1.82) is 0 Å². The van der Waals surface area contributed by atoms with E-state index < -0.39 is 18.5 Å². The fourth-order valence-electron chi connectivity index (χ4n) is 2.91. The van der Waals surface area contributed by atoms with Crippen molar-refractivity contribution in [3.05, 3.63) is 88.8 Å². The number of thioether (sulfide) groups is 1. The minimum absolute atomic E-state index is 0.114. The Morgan fingerprint density at radius 3 is 2.64 bits per heavy atom. The Hall–Kier alpha value is -3.23. The van der Waals surface area contributed by atoms with Crippen LogP contribution in [0.2, 0.25) is 5.02 Å². The molecule has 0 aliphatic rings. The fourth-order valence-corrected chi connectivity index (χ4v) is 3.97. The highest BCUT2D eigenvalue weighted by Gasteiger charge is 2.17. The second-order valence-electron chi connectivity index (χ2n) is 7.06. The maximum absolute atomic E-state index is 12.6. The Balaban J connectivity index is 1.48. The van der Waals surface area contributed by atoms with E-state index in [1.165, 1.54) is 18.0 Å². The summed E-state index contributed by atoms with van der Waals surface area (Å²) in [6.45, 7) is 1.68. The lowest BCUT2D eigenvalue weighted by Gasteiger charge is -2.15. The molecule has 1 aromatic heterocycles. The van der Waals surface area contributed by atoms with Crippen LogP contribution >= 0.6 is 23.4 Å². The molecule has 0 radical (unpaired) electrons. The van der Waals surface area contributed by atoms with Gasteiger partial charge in [-0.25, -0.2) is 4.79 Å². The maximum atomic E-state index is 12.6. The molecule has 0 unspecified atom stereocenters. The Kier molecular flexibility index (Phi) is 8.97. The zero-order valence-corrected chi connectivity index (χ0v) is 19.4. The number of rotatable bonds is 10. The van der Waals surface area contributed by atoms with Gasteiger partial charge in [0.05, 0.1) is 30.2 Å². The molecule has 1 heterocycles. The largest absolute Gasteiger partial charge is 0.467 e. The molecular weight excluding hydrogens is 464 g/mol. The van der Waals surface area contributed by atoms with Crippen LogP contribution in [0.1, 0.15) is 34.6 Å². The molecule has 0 saturated carbocycles. The first-order valence-corrected chi connectivity index (χ1v) is 11.5. The summed E-state index contributed by atoms with van der Waals surface area (Å²) in [5, 5.41) is 6.09. The van der Waals surface area contributed by atoms with Gasteiger partial charge in [-0.3, -0.25) is 9.59 Å². The van der Waals surface area contributed by atoms with E-state index in [2.05, 4.69) is 10.6 Å². The molecule has 1 atom stereocenters. The van der Waals surface area contributed by atoms with Gasteiger partial charge in [-0.05, 0) is 48.9 Å². The summed E-state index contributed by atoms with van der Waals surface area (Å²) in [4.78, 5) is 37.5. The van der Waals surface area contributed by atoms with Gasteiger partial charge in [0.15, 0.2) is 6.61 Å². The zero-order chi connectivity index (χ0) is 23.6. The quantitative estimate of drug-likeness (QED) is 0.326. The molecule has 9 heteroatoms. The van der Waals surface area contributed by atoms with Crippen molar-refractivity contribution in [2.75, 3.05) is 12.4 Å². The SMILES string of the molecule is C[C@@H](NC(=O)COC(=O)c1ccccc1SCC(=O)NCc1ccco1)c1cccc(Cl)c1. The molecular formula is C24H23ClN2O5S. The second kappa shape index (κ2) is 12.1. The number of benzene rings is 2. The van der Waals surface area contributed by atoms with Crippen molar-refractivity contribution in [3.8, 4) is 0 Å². The molecule has 0 bridgehead atoms. The Morgan fingerprint density at radius 1 is 1.06 bits per heavy atom. The predicted molar refractivity (Wildman–Crippen MR) is 126 cm³/mol. The summed E-state index contributed by atoms with van der Waals surface area (Å²) < 4.78 is 10.4. The van der Waals surface area contributed by atoms with Crippen molar-refractivity contribution in [2.24, 2.45) is 0 Å². The number of nitrogens with one attached hydrogen (secondary N) is 2. The van der Waals surface area contributed by atoms with E-state index in [-0.39, 0.29) is 23.3 Å². The van der Waals surface area contributed by atoms with Gasteiger partial charge in [0.2, 0.25) is 5.91 Å². The van der Waals surface area contributed by atoms with Crippen molar-refractivity contribution in [1.82, 2.24) is 10.6 Å². The second-order valence-corrected chi connectivity index (χ2v) is 8.51. The Bertz CT molecular complexity index is 1100. The summed E-state index contributed by atoms with van der Waals surface area (Å²) in [5.74, 6) is -0.505. The van der Waals surface area contributed by atoms with Gasteiger partial charge in [-0.15, -0.1) is 11.8 Å². The number of hydrogen-bond donors (Lipinski definition) is 2. The normalized spacial score (nSPS) is 11.5. The molecule has 0 spiro atoms. The van der Waals surface area contributed by atoms with Gasteiger partial charge in [-0.1, -0.05) is 35.9 Å². The lowest BCUT2D eigenvalue weighted by molar-refractivity contribution is -0.125. The van der Waals surface area contributed by atoms with Gasteiger partial charge in [0.1, 0.15) is 5.76 Å². The van der Waals surface area contributed by atoms with Crippen LogP contribution in [0.4, 0.5) is 0 Å². The smallest absolute Gasteiger partial charge is 0.339 e. The number of esters is 1. The van der Waals surface area contributed by atoms with Crippen molar-refractivity contribution < 1.29 is 23.5 Å².